The second-order valence-corrected chi connectivity index (χ2v) is 6.52. The van der Waals surface area contributed by atoms with Gasteiger partial charge >= 0.3 is 0 Å². The molecule has 3 rings (SSSR count). The summed E-state index contributed by atoms with van der Waals surface area (Å²) in [5.74, 6) is 2.04. The molecule has 2 aromatic heterocycles. The first-order valence-corrected chi connectivity index (χ1v) is 8.43. The van der Waals surface area contributed by atoms with E-state index >= 15 is 0 Å². The van der Waals surface area contributed by atoms with Gasteiger partial charge in [-0.1, -0.05) is 0 Å². The Hall–Kier alpha value is -2.19. The van der Waals surface area contributed by atoms with Crippen molar-refractivity contribution in [1.29, 1.82) is 0 Å². The molecule has 0 spiro atoms. The maximum Gasteiger partial charge on any atom is 0.293 e. The minimum atomic E-state index is -0.108. The average Bonchev–Trinajstić information content (AvgIpc) is 2.88. The Kier molecular flexibility index (Phi) is 5.19. The quantitative estimate of drug-likeness (QED) is 0.789. The van der Waals surface area contributed by atoms with Crippen LogP contribution in [0.4, 0.5) is 5.82 Å². The molecule has 8 nitrogen and oxygen atoms in total. The van der Waals surface area contributed by atoms with Crippen molar-refractivity contribution in [2.24, 2.45) is 7.05 Å². The lowest BCUT2D eigenvalue weighted by Gasteiger charge is -2.34. The number of hydrogen-bond acceptors (Lipinski definition) is 7. The maximum absolute atomic E-state index is 12.2. The lowest BCUT2D eigenvalue weighted by Crippen LogP contribution is -2.47. The molecule has 1 saturated heterocycles. The summed E-state index contributed by atoms with van der Waals surface area (Å²) in [6.07, 6.45) is 3.29. The van der Waals surface area contributed by atoms with Crippen LogP contribution in [-0.2, 0) is 18.3 Å². The predicted molar refractivity (Wildman–Crippen MR) is 93.7 cm³/mol. The van der Waals surface area contributed by atoms with E-state index in [1.54, 1.807) is 19.4 Å². The third-order valence-corrected chi connectivity index (χ3v) is 4.49. The number of aryl methyl sites for hydroxylation is 3. The van der Waals surface area contributed by atoms with Gasteiger partial charge in [-0.15, -0.1) is 0 Å². The van der Waals surface area contributed by atoms with Gasteiger partial charge in [-0.05, 0) is 13.8 Å². The molecule has 0 bridgehead atoms. The Morgan fingerprint density at radius 3 is 2.92 bits per heavy atom. The third kappa shape index (κ3) is 4.08. The normalized spacial score (nSPS) is 18.5. The van der Waals surface area contributed by atoms with Crippen LogP contribution in [0.3, 0.4) is 0 Å². The lowest BCUT2D eigenvalue weighted by atomic mass is 10.2. The smallest absolute Gasteiger partial charge is 0.293 e. The van der Waals surface area contributed by atoms with E-state index < -0.39 is 0 Å². The molecule has 3 heterocycles. The molecule has 0 aromatic carbocycles. The molecule has 0 N–H and O–H groups in total. The van der Waals surface area contributed by atoms with Crippen molar-refractivity contribution in [1.82, 2.24) is 19.4 Å². The first kappa shape index (κ1) is 17.6. The fourth-order valence-corrected chi connectivity index (χ4v) is 2.97. The molecule has 1 fully saturated rings. The topological polar surface area (TPSA) is 76.6 Å². The first-order valence-electron chi connectivity index (χ1n) is 8.43. The zero-order valence-corrected chi connectivity index (χ0v) is 15.2. The molecule has 1 aliphatic heterocycles. The molecule has 0 saturated carbocycles. The SMILES string of the molecule is Cc1nc(CN2CCO[C@H](CN(C)c3nccn(C)c3=O)C2)oc1C. The van der Waals surface area contributed by atoms with E-state index in [1.807, 2.05) is 25.8 Å². The zero-order chi connectivity index (χ0) is 18.0. The number of ether oxygens (including phenoxy) is 1. The summed E-state index contributed by atoms with van der Waals surface area (Å²) >= 11 is 0. The molecular weight excluding hydrogens is 322 g/mol. The van der Waals surface area contributed by atoms with Crippen molar-refractivity contribution in [2.45, 2.75) is 26.5 Å². The number of oxazole rings is 1. The molecule has 0 unspecified atom stereocenters. The van der Waals surface area contributed by atoms with Gasteiger partial charge in [-0.2, -0.15) is 0 Å². The van der Waals surface area contributed by atoms with E-state index in [2.05, 4.69) is 14.9 Å². The number of rotatable bonds is 5. The molecule has 0 aliphatic carbocycles. The minimum absolute atomic E-state index is 0.00242. The van der Waals surface area contributed by atoms with Gasteiger partial charge in [0, 0.05) is 46.1 Å². The fraction of sp³-hybridized carbons (Fsp3) is 0.588. The Bertz CT molecular complexity index is 765. The van der Waals surface area contributed by atoms with Gasteiger partial charge in [0.1, 0.15) is 5.76 Å². The molecule has 25 heavy (non-hydrogen) atoms. The lowest BCUT2D eigenvalue weighted by molar-refractivity contribution is -0.0288. The monoisotopic (exact) mass is 347 g/mol. The van der Waals surface area contributed by atoms with E-state index in [0.29, 0.717) is 25.5 Å². The predicted octanol–water partition coefficient (Wildman–Crippen LogP) is 0.722. The number of likely N-dealkylation sites (N-methyl/N-ethyl adjacent to an activating group) is 1. The molecule has 8 heteroatoms. The van der Waals surface area contributed by atoms with Crippen LogP contribution >= 0.6 is 0 Å². The largest absolute Gasteiger partial charge is 0.444 e. The van der Waals surface area contributed by atoms with Crippen LogP contribution in [0, 0.1) is 13.8 Å². The standard InChI is InChI=1S/C17H25N5O3/c1-12-13(2)25-15(19-12)11-22-7-8-24-14(10-22)9-21(4)16-17(23)20(3)6-5-18-16/h5-6,14H,7-11H2,1-4H3/t14-/m1/s1. The molecule has 2 aromatic rings. The van der Waals surface area contributed by atoms with E-state index in [0.717, 1.165) is 30.4 Å². The second-order valence-electron chi connectivity index (χ2n) is 6.52. The van der Waals surface area contributed by atoms with Crippen LogP contribution in [0.5, 0.6) is 0 Å². The van der Waals surface area contributed by atoms with Crippen LogP contribution in [-0.4, -0.2) is 58.8 Å². The van der Waals surface area contributed by atoms with Crippen LogP contribution in [0.1, 0.15) is 17.3 Å². The fourth-order valence-electron chi connectivity index (χ4n) is 2.97. The average molecular weight is 347 g/mol. The molecule has 0 amide bonds. The number of morpholine rings is 1. The van der Waals surface area contributed by atoms with Crippen molar-refractivity contribution in [2.75, 3.05) is 38.2 Å². The maximum atomic E-state index is 12.2. The zero-order valence-electron chi connectivity index (χ0n) is 15.2. The summed E-state index contributed by atoms with van der Waals surface area (Å²) in [4.78, 5) is 25.0. The van der Waals surface area contributed by atoms with E-state index in [1.165, 1.54) is 4.57 Å². The Morgan fingerprint density at radius 1 is 1.40 bits per heavy atom. The van der Waals surface area contributed by atoms with Gasteiger partial charge in [0.05, 0.1) is 24.9 Å². The molecule has 1 atom stereocenters. The van der Waals surface area contributed by atoms with Crippen LogP contribution in [0.25, 0.3) is 0 Å². The van der Waals surface area contributed by atoms with Crippen LogP contribution in [0.15, 0.2) is 21.6 Å². The molecule has 1 aliphatic rings. The van der Waals surface area contributed by atoms with E-state index in [9.17, 15) is 4.79 Å². The summed E-state index contributed by atoms with van der Waals surface area (Å²) in [5.41, 5.74) is 0.828. The second kappa shape index (κ2) is 7.37. The Labute approximate surface area is 147 Å². The van der Waals surface area contributed by atoms with Crippen molar-refractivity contribution in [3.8, 4) is 0 Å². The highest BCUT2D eigenvalue weighted by atomic mass is 16.5. The van der Waals surface area contributed by atoms with Gasteiger partial charge < -0.3 is 18.6 Å². The highest BCUT2D eigenvalue weighted by Gasteiger charge is 2.24. The summed E-state index contributed by atoms with van der Waals surface area (Å²) in [7, 11) is 3.59. The third-order valence-electron chi connectivity index (χ3n) is 4.49. The van der Waals surface area contributed by atoms with Crippen LogP contribution in [0.2, 0.25) is 0 Å². The number of aromatic nitrogens is 3. The first-order chi connectivity index (χ1) is 11.9. The summed E-state index contributed by atoms with van der Waals surface area (Å²) < 4.78 is 13.1. The Balaban J connectivity index is 1.61. The van der Waals surface area contributed by atoms with Crippen molar-refractivity contribution in [3.63, 3.8) is 0 Å². The van der Waals surface area contributed by atoms with Crippen molar-refractivity contribution in [3.05, 3.63) is 40.1 Å². The molecule has 0 radical (unpaired) electrons. The minimum Gasteiger partial charge on any atom is -0.444 e. The van der Waals surface area contributed by atoms with Crippen LogP contribution < -0.4 is 10.5 Å². The number of hydrogen-bond donors (Lipinski definition) is 0. The van der Waals surface area contributed by atoms with E-state index in [4.69, 9.17) is 9.15 Å². The highest BCUT2D eigenvalue weighted by Crippen LogP contribution is 2.14. The van der Waals surface area contributed by atoms with Gasteiger partial charge in [0.25, 0.3) is 5.56 Å². The van der Waals surface area contributed by atoms with Gasteiger partial charge in [0.2, 0.25) is 5.89 Å². The van der Waals surface area contributed by atoms with Gasteiger partial charge in [0.15, 0.2) is 5.82 Å². The van der Waals surface area contributed by atoms with Crippen molar-refractivity contribution >= 4 is 5.82 Å². The number of nitrogens with zero attached hydrogens (tertiary/aromatic N) is 5. The molecule has 136 valence electrons. The molecular formula is C17H25N5O3. The Morgan fingerprint density at radius 2 is 2.20 bits per heavy atom. The van der Waals surface area contributed by atoms with Gasteiger partial charge in [-0.3, -0.25) is 9.69 Å². The summed E-state index contributed by atoms with van der Waals surface area (Å²) in [6, 6.07) is 0. The van der Waals surface area contributed by atoms with Crippen molar-refractivity contribution < 1.29 is 9.15 Å². The summed E-state index contributed by atoms with van der Waals surface area (Å²) in [6.45, 7) is 7.40. The van der Waals surface area contributed by atoms with E-state index in [-0.39, 0.29) is 11.7 Å². The number of anilines is 1. The highest BCUT2D eigenvalue weighted by molar-refractivity contribution is 5.34. The van der Waals surface area contributed by atoms with Gasteiger partial charge in [-0.25, -0.2) is 9.97 Å². The summed E-state index contributed by atoms with van der Waals surface area (Å²) in [5, 5.41) is 0.